The minimum atomic E-state index is 0.0372. The average Bonchev–Trinajstić information content (AvgIpc) is 2.99. The highest BCUT2D eigenvalue weighted by atomic mass is 16.5. The summed E-state index contributed by atoms with van der Waals surface area (Å²) in [5, 5.41) is 4.20. The predicted octanol–water partition coefficient (Wildman–Crippen LogP) is 3.34. The Morgan fingerprint density at radius 3 is 2.62 bits per heavy atom. The summed E-state index contributed by atoms with van der Waals surface area (Å²) in [6.45, 7) is 5.11. The summed E-state index contributed by atoms with van der Waals surface area (Å²) in [5.41, 5.74) is 2.10. The van der Waals surface area contributed by atoms with Crippen LogP contribution in [0.25, 0.3) is 11.3 Å². The normalized spacial score (nSPS) is 18.8. The molecular weight excluding hydrogens is 264 g/mol. The van der Waals surface area contributed by atoms with Crippen LogP contribution in [0.3, 0.4) is 0 Å². The Kier molecular flexibility index (Phi) is 4.08. The highest BCUT2D eigenvalue weighted by Gasteiger charge is 2.29. The Morgan fingerprint density at radius 2 is 1.95 bits per heavy atom. The number of piperidine rings is 1. The smallest absolute Gasteiger partial charge is 0.167 e. The number of hydrogen-bond acceptors (Lipinski definition) is 4. The number of methoxy groups -OCH3 is 1. The monoisotopic (exact) mass is 286 g/mol. The Bertz CT molecular complexity index is 571. The first kappa shape index (κ1) is 14.3. The van der Waals surface area contributed by atoms with E-state index in [2.05, 4.69) is 17.0 Å². The third kappa shape index (κ3) is 3.34. The van der Waals surface area contributed by atoms with Gasteiger partial charge in [-0.1, -0.05) is 35.5 Å². The number of likely N-dealkylation sites (tertiary alicyclic amines) is 1. The molecule has 1 saturated heterocycles. The maximum atomic E-state index is 5.58. The number of aromatic nitrogens is 1. The molecule has 112 valence electrons. The van der Waals surface area contributed by atoms with Crippen LogP contribution in [0, 0.1) is 0 Å². The number of benzene rings is 1. The van der Waals surface area contributed by atoms with Gasteiger partial charge in [-0.2, -0.15) is 0 Å². The van der Waals surface area contributed by atoms with Crippen LogP contribution in [0.1, 0.15) is 25.5 Å². The van der Waals surface area contributed by atoms with Gasteiger partial charge in [0.05, 0.1) is 11.3 Å². The minimum Gasteiger partial charge on any atom is -0.378 e. The van der Waals surface area contributed by atoms with Crippen LogP contribution in [-0.4, -0.2) is 35.9 Å². The second kappa shape index (κ2) is 6.00. The molecule has 0 spiro atoms. The minimum absolute atomic E-state index is 0.0372. The largest absolute Gasteiger partial charge is 0.378 e. The molecule has 3 rings (SSSR count). The molecule has 2 aromatic rings. The van der Waals surface area contributed by atoms with Gasteiger partial charge in [0.25, 0.3) is 0 Å². The van der Waals surface area contributed by atoms with Gasteiger partial charge in [-0.3, -0.25) is 4.90 Å². The van der Waals surface area contributed by atoms with Crippen molar-refractivity contribution in [1.29, 1.82) is 0 Å². The second-order valence-corrected chi connectivity index (χ2v) is 5.98. The zero-order chi connectivity index (χ0) is 14.7. The molecular formula is C17H22N2O2. The molecule has 0 N–H and O–H groups in total. The third-order valence-corrected chi connectivity index (χ3v) is 4.41. The molecule has 1 aromatic carbocycles. The van der Waals surface area contributed by atoms with Gasteiger partial charge >= 0.3 is 0 Å². The van der Waals surface area contributed by atoms with Crippen molar-refractivity contribution in [3.05, 3.63) is 42.1 Å². The Labute approximate surface area is 125 Å². The van der Waals surface area contributed by atoms with Gasteiger partial charge in [-0.15, -0.1) is 0 Å². The topological polar surface area (TPSA) is 38.5 Å². The first-order chi connectivity index (χ1) is 10.2. The van der Waals surface area contributed by atoms with Gasteiger partial charge in [0.15, 0.2) is 5.76 Å². The lowest BCUT2D eigenvalue weighted by Gasteiger charge is -2.38. The molecule has 2 heterocycles. The van der Waals surface area contributed by atoms with E-state index < -0.39 is 0 Å². The van der Waals surface area contributed by atoms with Crippen LogP contribution >= 0.6 is 0 Å². The van der Waals surface area contributed by atoms with Crippen molar-refractivity contribution in [3.8, 4) is 11.3 Å². The molecule has 0 radical (unpaired) electrons. The zero-order valence-corrected chi connectivity index (χ0v) is 12.7. The van der Waals surface area contributed by atoms with Crippen LogP contribution in [-0.2, 0) is 11.3 Å². The summed E-state index contributed by atoms with van der Waals surface area (Å²) >= 11 is 0. The maximum Gasteiger partial charge on any atom is 0.167 e. The van der Waals surface area contributed by atoms with Crippen molar-refractivity contribution >= 4 is 0 Å². The molecule has 1 fully saturated rings. The molecule has 0 atom stereocenters. The van der Waals surface area contributed by atoms with E-state index in [1.54, 1.807) is 7.11 Å². The number of hydrogen-bond donors (Lipinski definition) is 0. The summed E-state index contributed by atoms with van der Waals surface area (Å²) in [7, 11) is 1.80. The maximum absolute atomic E-state index is 5.58. The van der Waals surface area contributed by atoms with Crippen molar-refractivity contribution in [2.45, 2.75) is 31.9 Å². The first-order valence-electron chi connectivity index (χ1n) is 7.47. The SMILES string of the molecule is COC1(C)CCN(Cc2cc(-c3ccccc3)on2)CC1. The van der Waals surface area contributed by atoms with Gasteiger partial charge in [-0.25, -0.2) is 0 Å². The van der Waals surface area contributed by atoms with E-state index in [0.717, 1.165) is 49.5 Å². The number of rotatable bonds is 4. The molecule has 1 aliphatic heterocycles. The van der Waals surface area contributed by atoms with Crippen LogP contribution in [0.2, 0.25) is 0 Å². The van der Waals surface area contributed by atoms with Crippen molar-refractivity contribution in [3.63, 3.8) is 0 Å². The zero-order valence-electron chi connectivity index (χ0n) is 12.7. The van der Waals surface area contributed by atoms with Gasteiger partial charge in [0.1, 0.15) is 0 Å². The molecule has 0 aliphatic carbocycles. The van der Waals surface area contributed by atoms with Crippen molar-refractivity contribution in [2.75, 3.05) is 20.2 Å². The fourth-order valence-corrected chi connectivity index (χ4v) is 2.74. The van der Waals surface area contributed by atoms with Gasteiger partial charge < -0.3 is 9.26 Å². The lowest BCUT2D eigenvalue weighted by molar-refractivity contribution is -0.0443. The second-order valence-electron chi connectivity index (χ2n) is 5.98. The summed E-state index contributed by atoms with van der Waals surface area (Å²) in [6, 6.07) is 12.1. The predicted molar refractivity (Wildman–Crippen MR) is 81.9 cm³/mol. The highest BCUT2D eigenvalue weighted by Crippen LogP contribution is 2.26. The summed E-state index contributed by atoms with van der Waals surface area (Å²) in [5.74, 6) is 0.837. The first-order valence-corrected chi connectivity index (χ1v) is 7.47. The van der Waals surface area contributed by atoms with Crippen molar-refractivity contribution < 1.29 is 9.26 Å². The van der Waals surface area contributed by atoms with Crippen molar-refractivity contribution in [2.24, 2.45) is 0 Å². The molecule has 4 nitrogen and oxygen atoms in total. The third-order valence-electron chi connectivity index (χ3n) is 4.41. The van der Waals surface area contributed by atoms with E-state index >= 15 is 0 Å². The molecule has 0 bridgehead atoms. The number of nitrogens with zero attached hydrogens (tertiary/aromatic N) is 2. The van der Waals surface area contributed by atoms with E-state index in [1.165, 1.54) is 0 Å². The average molecular weight is 286 g/mol. The lowest BCUT2D eigenvalue weighted by atomic mass is 9.93. The Hall–Kier alpha value is -1.65. The molecule has 1 aromatic heterocycles. The molecule has 21 heavy (non-hydrogen) atoms. The summed E-state index contributed by atoms with van der Waals surface area (Å²) < 4.78 is 11.0. The molecule has 0 saturated carbocycles. The molecule has 1 aliphatic rings. The summed E-state index contributed by atoms with van der Waals surface area (Å²) in [6.07, 6.45) is 2.12. The van der Waals surface area contributed by atoms with Gasteiger partial charge in [0, 0.05) is 38.4 Å². The van der Waals surface area contributed by atoms with E-state index in [4.69, 9.17) is 9.26 Å². The molecule has 4 heteroatoms. The van der Waals surface area contributed by atoms with E-state index in [-0.39, 0.29) is 5.60 Å². The van der Waals surface area contributed by atoms with Crippen LogP contribution in [0.4, 0.5) is 0 Å². The fourth-order valence-electron chi connectivity index (χ4n) is 2.74. The standard InChI is InChI=1S/C17H22N2O2/c1-17(20-2)8-10-19(11-9-17)13-15-12-16(21-18-15)14-6-4-3-5-7-14/h3-7,12H,8-11,13H2,1-2H3. The van der Waals surface area contributed by atoms with Gasteiger partial charge in [0.2, 0.25) is 0 Å². The Morgan fingerprint density at radius 1 is 1.24 bits per heavy atom. The van der Waals surface area contributed by atoms with Crippen LogP contribution in [0.5, 0.6) is 0 Å². The Balaban J connectivity index is 1.61. The molecule has 0 amide bonds. The van der Waals surface area contributed by atoms with Gasteiger partial charge in [-0.05, 0) is 19.8 Å². The lowest BCUT2D eigenvalue weighted by Crippen LogP contribution is -2.43. The fraction of sp³-hybridized carbons (Fsp3) is 0.471. The van der Waals surface area contributed by atoms with Crippen LogP contribution < -0.4 is 0 Å². The molecule has 0 unspecified atom stereocenters. The van der Waals surface area contributed by atoms with Crippen molar-refractivity contribution in [1.82, 2.24) is 10.1 Å². The summed E-state index contributed by atoms with van der Waals surface area (Å²) in [4.78, 5) is 2.41. The van der Waals surface area contributed by atoms with Crippen LogP contribution in [0.15, 0.2) is 40.9 Å². The quantitative estimate of drug-likeness (QED) is 0.864. The van der Waals surface area contributed by atoms with E-state index in [1.807, 2.05) is 36.4 Å². The number of ether oxygens (including phenoxy) is 1. The highest BCUT2D eigenvalue weighted by molar-refractivity contribution is 5.56. The van der Waals surface area contributed by atoms with E-state index in [9.17, 15) is 0 Å². The van der Waals surface area contributed by atoms with E-state index in [0.29, 0.717) is 0 Å².